The van der Waals surface area contributed by atoms with Crippen molar-refractivity contribution in [1.82, 2.24) is 19.7 Å². The number of pyridine rings is 1. The summed E-state index contributed by atoms with van der Waals surface area (Å²) in [6.07, 6.45) is 0.826. The van der Waals surface area contributed by atoms with Gasteiger partial charge in [0.15, 0.2) is 5.82 Å². The van der Waals surface area contributed by atoms with E-state index >= 15 is 0 Å². The lowest BCUT2D eigenvalue weighted by Gasteiger charge is -2.09. The monoisotopic (exact) mass is 284 g/mol. The molecule has 4 nitrogen and oxygen atoms in total. The van der Waals surface area contributed by atoms with Gasteiger partial charge in [-0.05, 0) is 43.0 Å². The molecular weight excluding hydrogens is 268 g/mol. The molecule has 3 aromatic rings. The highest BCUT2D eigenvalue weighted by Gasteiger charge is 2.16. The van der Waals surface area contributed by atoms with Gasteiger partial charge in [0.1, 0.15) is 11.6 Å². The summed E-state index contributed by atoms with van der Waals surface area (Å²) in [6, 6.07) is 8.24. The van der Waals surface area contributed by atoms with Gasteiger partial charge in [0.25, 0.3) is 0 Å². The first-order chi connectivity index (χ1) is 9.69. The summed E-state index contributed by atoms with van der Waals surface area (Å²) in [5.74, 6) is 2.70. The Morgan fingerprint density at radius 2 is 2.05 bits per heavy atom. The molecule has 0 saturated carbocycles. The molecule has 0 atom stereocenters. The van der Waals surface area contributed by atoms with Crippen molar-refractivity contribution in [2.75, 3.05) is 0 Å². The first-order valence-electron chi connectivity index (χ1n) is 6.63. The van der Waals surface area contributed by atoms with E-state index in [9.17, 15) is 0 Å². The van der Waals surface area contributed by atoms with Gasteiger partial charge in [0.05, 0.1) is 4.88 Å². The van der Waals surface area contributed by atoms with E-state index in [0.29, 0.717) is 0 Å². The molecule has 3 rings (SSSR count). The largest absolute Gasteiger partial charge is 0.262 e. The molecule has 0 spiro atoms. The molecular formula is C15H16N4S. The molecule has 0 bridgehead atoms. The molecule has 102 valence electrons. The molecule has 0 N–H and O–H groups in total. The summed E-state index contributed by atoms with van der Waals surface area (Å²) in [7, 11) is 0. The van der Waals surface area contributed by atoms with Crippen molar-refractivity contribution < 1.29 is 0 Å². The average Bonchev–Trinajstić information content (AvgIpc) is 3.06. The Bertz CT molecular complexity index is 708. The summed E-state index contributed by atoms with van der Waals surface area (Å²) < 4.78 is 2.06. The molecule has 0 aromatic carbocycles. The van der Waals surface area contributed by atoms with E-state index in [1.807, 2.05) is 13.0 Å². The third kappa shape index (κ3) is 2.25. The highest BCUT2D eigenvalue weighted by Crippen LogP contribution is 2.26. The maximum absolute atomic E-state index is 4.64. The van der Waals surface area contributed by atoms with Gasteiger partial charge in [-0.3, -0.25) is 4.57 Å². The minimum Gasteiger partial charge on any atom is -0.262 e. The molecule has 0 aliphatic rings. The van der Waals surface area contributed by atoms with Gasteiger partial charge in [0.2, 0.25) is 0 Å². The third-order valence-corrected chi connectivity index (χ3v) is 3.97. The van der Waals surface area contributed by atoms with E-state index < -0.39 is 0 Å². The maximum atomic E-state index is 4.64. The van der Waals surface area contributed by atoms with E-state index in [1.54, 1.807) is 11.3 Å². The maximum Gasteiger partial charge on any atom is 0.179 e. The highest BCUT2D eigenvalue weighted by molar-refractivity contribution is 7.13. The topological polar surface area (TPSA) is 43.6 Å². The Balaban J connectivity index is 2.23. The van der Waals surface area contributed by atoms with Gasteiger partial charge in [0, 0.05) is 12.1 Å². The second kappa shape index (κ2) is 5.17. The van der Waals surface area contributed by atoms with E-state index in [0.717, 1.165) is 34.5 Å². The fourth-order valence-electron chi connectivity index (χ4n) is 2.29. The van der Waals surface area contributed by atoms with Gasteiger partial charge in [-0.15, -0.1) is 21.5 Å². The van der Waals surface area contributed by atoms with Crippen LogP contribution in [0.1, 0.15) is 24.0 Å². The number of hydrogen-bond donors (Lipinski definition) is 0. The molecule has 0 saturated heterocycles. The van der Waals surface area contributed by atoms with Crippen LogP contribution in [-0.2, 0) is 6.42 Å². The molecule has 0 amide bonds. The fraction of sp³-hybridized carbons (Fsp3) is 0.267. The first kappa shape index (κ1) is 13.0. The average molecular weight is 284 g/mol. The third-order valence-electron chi connectivity index (χ3n) is 3.10. The molecule has 0 aliphatic carbocycles. The van der Waals surface area contributed by atoms with Crippen LogP contribution in [0.15, 0.2) is 29.6 Å². The Morgan fingerprint density at radius 1 is 1.20 bits per heavy atom. The van der Waals surface area contributed by atoms with Crippen molar-refractivity contribution in [3.8, 4) is 16.5 Å². The lowest BCUT2D eigenvalue weighted by atomic mass is 10.2. The normalized spacial score (nSPS) is 10.9. The van der Waals surface area contributed by atoms with Gasteiger partial charge < -0.3 is 0 Å². The van der Waals surface area contributed by atoms with Crippen LogP contribution in [0.2, 0.25) is 0 Å². The van der Waals surface area contributed by atoms with Gasteiger partial charge in [-0.25, -0.2) is 4.98 Å². The van der Waals surface area contributed by atoms with Crippen LogP contribution in [0, 0.1) is 13.8 Å². The lowest BCUT2D eigenvalue weighted by Crippen LogP contribution is -2.05. The summed E-state index contributed by atoms with van der Waals surface area (Å²) >= 11 is 1.67. The summed E-state index contributed by atoms with van der Waals surface area (Å²) in [4.78, 5) is 5.75. The van der Waals surface area contributed by atoms with Crippen molar-refractivity contribution in [2.24, 2.45) is 0 Å². The van der Waals surface area contributed by atoms with Crippen LogP contribution in [0.5, 0.6) is 0 Å². The minimum atomic E-state index is 0.826. The fourth-order valence-corrected chi connectivity index (χ4v) is 2.98. The van der Waals surface area contributed by atoms with E-state index in [2.05, 4.69) is 57.2 Å². The van der Waals surface area contributed by atoms with Gasteiger partial charge in [-0.1, -0.05) is 13.0 Å². The molecule has 3 heterocycles. The number of rotatable bonds is 3. The SMILES string of the molecule is CCc1nnc(-c2cccs2)n1-c1cc(C)cc(C)n1. The number of nitrogens with zero attached hydrogens (tertiary/aromatic N) is 4. The molecule has 3 aromatic heterocycles. The smallest absolute Gasteiger partial charge is 0.179 e. The highest BCUT2D eigenvalue weighted by atomic mass is 32.1. The zero-order chi connectivity index (χ0) is 14.1. The molecule has 5 heteroatoms. The molecule has 0 unspecified atom stereocenters. The van der Waals surface area contributed by atoms with Crippen LogP contribution in [-0.4, -0.2) is 19.7 Å². The number of aromatic nitrogens is 4. The van der Waals surface area contributed by atoms with Crippen molar-refractivity contribution in [1.29, 1.82) is 0 Å². The van der Waals surface area contributed by atoms with Gasteiger partial charge in [-0.2, -0.15) is 0 Å². The van der Waals surface area contributed by atoms with Crippen molar-refractivity contribution >= 4 is 11.3 Å². The molecule has 0 radical (unpaired) electrons. The number of aryl methyl sites for hydroxylation is 3. The Hall–Kier alpha value is -2.01. The quantitative estimate of drug-likeness (QED) is 0.738. The summed E-state index contributed by atoms with van der Waals surface area (Å²) in [6.45, 7) is 6.18. The predicted octanol–water partition coefficient (Wildman–Crippen LogP) is 3.57. The zero-order valence-electron chi connectivity index (χ0n) is 11.8. The second-order valence-electron chi connectivity index (χ2n) is 4.75. The Morgan fingerprint density at radius 3 is 2.70 bits per heavy atom. The molecule has 20 heavy (non-hydrogen) atoms. The first-order valence-corrected chi connectivity index (χ1v) is 7.51. The summed E-state index contributed by atoms with van der Waals surface area (Å²) in [5, 5.41) is 10.7. The molecule has 0 fully saturated rings. The lowest BCUT2D eigenvalue weighted by molar-refractivity contribution is 0.860. The van der Waals surface area contributed by atoms with E-state index in [-0.39, 0.29) is 0 Å². The minimum absolute atomic E-state index is 0.826. The predicted molar refractivity (Wildman–Crippen MR) is 81.3 cm³/mol. The van der Waals surface area contributed by atoms with Crippen LogP contribution < -0.4 is 0 Å². The van der Waals surface area contributed by atoms with Gasteiger partial charge >= 0.3 is 0 Å². The van der Waals surface area contributed by atoms with Crippen LogP contribution in [0.3, 0.4) is 0 Å². The Labute approximate surface area is 122 Å². The number of hydrogen-bond acceptors (Lipinski definition) is 4. The van der Waals surface area contributed by atoms with Crippen LogP contribution >= 0.6 is 11.3 Å². The second-order valence-corrected chi connectivity index (χ2v) is 5.70. The van der Waals surface area contributed by atoms with E-state index in [4.69, 9.17) is 0 Å². The van der Waals surface area contributed by atoms with E-state index in [1.165, 1.54) is 5.56 Å². The summed E-state index contributed by atoms with van der Waals surface area (Å²) in [5.41, 5.74) is 2.20. The number of thiophene rings is 1. The standard InChI is InChI=1S/C15H16N4S/c1-4-13-17-18-15(12-6-5-7-20-12)19(13)14-9-10(2)8-11(3)16-14/h5-9H,4H2,1-3H3. The van der Waals surface area contributed by atoms with Crippen molar-refractivity contribution in [3.63, 3.8) is 0 Å². The zero-order valence-corrected chi connectivity index (χ0v) is 12.6. The van der Waals surface area contributed by atoms with Crippen molar-refractivity contribution in [2.45, 2.75) is 27.2 Å². The van der Waals surface area contributed by atoms with Crippen LogP contribution in [0.4, 0.5) is 0 Å². The van der Waals surface area contributed by atoms with Crippen LogP contribution in [0.25, 0.3) is 16.5 Å². The molecule has 0 aliphatic heterocycles. The van der Waals surface area contributed by atoms with Crippen molar-refractivity contribution in [3.05, 3.63) is 46.7 Å². The Kier molecular flexibility index (Phi) is 3.36.